The molecule has 0 radical (unpaired) electrons. The Balaban J connectivity index is 1.66. The van der Waals surface area contributed by atoms with Crippen LogP contribution in [0.5, 0.6) is 0 Å². The van der Waals surface area contributed by atoms with Gasteiger partial charge in [0.2, 0.25) is 0 Å². The van der Waals surface area contributed by atoms with Crippen LogP contribution >= 0.6 is 35.0 Å². The van der Waals surface area contributed by atoms with Gasteiger partial charge in [0.15, 0.2) is 5.17 Å². The van der Waals surface area contributed by atoms with Gasteiger partial charge in [-0.2, -0.15) is 0 Å². The highest BCUT2D eigenvalue weighted by Crippen LogP contribution is 2.35. The fourth-order valence-corrected chi connectivity index (χ4v) is 4.34. The van der Waals surface area contributed by atoms with Gasteiger partial charge in [-0.25, -0.2) is 4.99 Å². The van der Waals surface area contributed by atoms with E-state index in [4.69, 9.17) is 27.9 Å². The van der Waals surface area contributed by atoms with Crippen molar-refractivity contribution in [3.8, 4) is 0 Å². The van der Waals surface area contributed by atoms with Crippen molar-refractivity contribution in [3.05, 3.63) is 69.2 Å². The summed E-state index contributed by atoms with van der Waals surface area (Å²) >= 11 is 13.4. The molecule has 158 valence electrons. The van der Waals surface area contributed by atoms with E-state index < -0.39 is 0 Å². The second-order valence-electron chi connectivity index (χ2n) is 6.59. The monoisotopic (exact) mass is 473 g/mol. The minimum atomic E-state index is -0.316. The molecule has 1 saturated heterocycles. The molecule has 4 rings (SSSR count). The minimum absolute atomic E-state index is 0.0941. The second-order valence-corrected chi connectivity index (χ2v) is 8.41. The number of carbonyl (C=O) groups is 2. The highest BCUT2D eigenvalue weighted by molar-refractivity contribution is 8.18. The van der Waals surface area contributed by atoms with E-state index in [2.05, 4.69) is 10.3 Å². The number of fused-ring (bicyclic) bond motifs is 1. The normalized spacial score (nSPS) is 16.3. The van der Waals surface area contributed by atoms with Crippen molar-refractivity contribution in [3.63, 3.8) is 0 Å². The van der Waals surface area contributed by atoms with Crippen LogP contribution in [-0.2, 0) is 20.9 Å². The number of amidine groups is 1. The number of amides is 1. The molecule has 1 aliphatic heterocycles. The fourth-order valence-electron chi connectivity index (χ4n) is 3.18. The van der Waals surface area contributed by atoms with E-state index in [0.717, 1.165) is 16.5 Å². The van der Waals surface area contributed by atoms with Crippen LogP contribution in [0.1, 0.15) is 12.5 Å². The lowest BCUT2D eigenvalue weighted by molar-refractivity contribution is -0.143. The number of esters is 1. The van der Waals surface area contributed by atoms with Crippen molar-refractivity contribution in [1.29, 1.82) is 0 Å². The van der Waals surface area contributed by atoms with E-state index in [9.17, 15) is 9.59 Å². The van der Waals surface area contributed by atoms with E-state index in [1.54, 1.807) is 31.2 Å². The zero-order chi connectivity index (χ0) is 22.0. The number of hydrogen-bond donors (Lipinski definition) is 1. The van der Waals surface area contributed by atoms with Crippen LogP contribution in [0.4, 0.5) is 5.69 Å². The Morgan fingerprint density at radius 2 is 2.03 bits per heavy atom. The highest BCUT2D eigenvalue weighted by Gasteiger charge is 2.25. The molecule has 0 spiro atoms. The Labute approximate surface area is 192 Å². The summed E-state index contributed by atoms with van der Waals surface area (Å²) in [6.07, 6.45) is 3.62. The summed E-state index contributed by atoms with van der Waals surface area (Å²) in [5, 5.41) is 4.80. The van der Waals surface area contributed by atoms with E-state index in [0.29, 0.717) is 32.4 Å². The third kappa shape index (κ3) is 4.63. The van der Waals surface area contributed by atoms with Crippen molar-refractivity contribution in [2.24, 2.45) is 4.99 Å². The number of ether oxygens (including phenoxy) is 1. The third-order valence-corrected chi connectivity index (χ3v) is 6.23. The quantitative estimate of drug-likeness (QED) is 0.397. The fraction of sp³-hybridized carbons (Fsp3) is 0.136. The predicted molar refractivity (Wildman–Crippen MR) is 126 cm³/mol. The Kier molecular flexibility index (Phi) is 6.36. The average molecular weight is 474 g/mol. The molecule has 2 heterocycles. The molecule has 0 unspecified atom stereocenters. The Morgan fingerprint density at radius 3 is 2.84 bits per heavy atom. The Bertz CT molecular complexity index is 1250. The van der Waals surface area contributed by atoms with Gasteiger partial charge in [-0.3, -0.25) is 9.59 Å². The van der Waals surface area contributed by atoms with Crippen LogP contribution < -0.4 is 5.32 Å². The third-order valence-electron chi connectivity index (χ3n) is 4.51. The smallest absolute Gasteiger partial charge is 0.325 e. The molecule has 1 fully saturated rings. The van der Waals surface area contributed by atoms with E-state index >= 15 is 0 Å². The van der Waals surface area contributed by atoms with Gasteiger partial charge in [-0.15, -0.1) is 0 Å². The largest absolute Gasteiger partial charge is 0.465 e. The molecule has 6 nitrogen and oxygen atoms in total. The number of rotatable bonds is 5. The maximum Gasteiger partial charge on any atom is 0.325 e. The van der Waals surface area contributed by atoms with E-state index in [1.165, 1.54) is 11.8 Å². The molecule has 3 aromatic rings. The lowest BCUT2D eigenvalue weighted by atomic mass is 10.1. The van der Waals surface area contributed by atoms with Gasteiger partial charge in [-0.05, 0) is 43.0 Å². The molecule has 1 aromatic heterocycles. The average Bonchev–Trinajstić information content (AvgIpc) is 3.26. The number of aliphatic imine (C=N–C) groups is 1. The number of halogens is 2. The van der Waals surface area contributed by atoms with Gasteiger partial charge in [0.1, 0.15) is 6.54 Å². The molecule has 9 heteroatoms. The summed E-state index contributed by atoms with van der Waals surface area (Å²) < 4.78 is 6.88. The number of nitrogens with one attached hydrogen (secondary N) is 1. The molecule has 1 N–H and O–H groups in total. The van der Waals surface area contributed by atoms with Gasteiger partial charge >= 0.3 is 5.97 Å². The van der Waals surface area contributed by atoms with Crippen molar-refractivity contribution in [2.45, 2.75) is 13.5 Å². The summed E-state index contributed by atoms with van der Waals surface area (Å²) in [6, 6.07) is 12.8. The zero-order valence-corrected chi connectivity index (χ0v) is 18.7. The van der Waals surface area contributed by atoms with Crippen LogP contribution in [0.2, 0.25) is 10.0 Å². The lowest BCUT2D eigenvalue weighted by Gasteiger charge is -2.04. The molecule has 2 aromatic carbocycles. The van der Waals surface area contributed by atoms with Crippen molar-refractivity contribution >= 4 is 74.7 Å². The number of aromatic nitrogens is 1. The summed E-state index contributed by atoms with van der Waals surface area (Å²) in [4.78, 5) is 29.4. The Hall–Kier alpha value is -2.74. The maximum absolute atomic E-state index is 12.5. The molecular formula is C22H17Cl2N3O3S. The van der Waals surface area contributed by atoms with Crippen LogP contribution in [0, 0.1) is 0 Å². The molecule has 0 atom stereocenters. The number of benzene rings is 2. The number of nitrogens with zero attached hydrogens (tertiary/aromatic N) is 2. The second kappa shape index (κ2) is 9.18. The first-order chi connectivity index (χ1) is 15.0. The standard InChI is InChI=1S/C22H17Cl2N3O3S/c1-2-30-19(28)12-27-11-13(14-6-3-4-9-17(14)27)10-18-21(29)26-22(31-18)25-16-8-5-7-15(23)20(16)24/h3-11H,2,12H2,1H3,(H,25,26,29)/b18-10+. The van der Waals surface area contributed by atoms with Crippen LogP contribution in [0.15, 0.2) is 58.6 Å². The zero-order valence-electron chi connectivity index (χ0n) is 16.4. The lowest BCUT2D eigenvalue weighted by Crippen LogP contribution is -2.19. The van der Waals surface area contributed by atoms with Crippen LogP contribution in [-0.4, -0.2) is 28.2 Å². The van der Waals surface area contributed by atoms with Crippen molar-refractivity contribution < 1.29 is 14.3 Å². The first-order valence-electron chi connectivity index (χ1n) is 9.43. The molecule has 0 saturated carbocycles. The number of carbonyl (C=O) groups excluding carboxylic acids is 2. The minimum Gasteiger partial charge on any atom is -0.465 e. The molecule has 1 aliphatic rings. The van der Waals surface area contributed by atoms with Gasteiger partial charge in [0.25, 0.3) is 5.91 Å². The SMILES string of the molecule is CCOC(=O)Cn1cc(/C=C2/SC(=Nc3cccc(Cl)c3Cl)NC2=O)c2ccccc21. The Morgan fingerprint density at radius 1 is 1.23 bits per heavy atom. The first-order valence-corrected chi connectivity index (χ1v) is 11.0. The van der Waals surface area contributed by atoms with Gasteiger partial charge in [0, 0.05) is 22.7 Å². The summed E-state index contributed by atoms with van der Waals surface area (Å²) in [5.74, 6) is -0.576. The van der Waals surface area contributed by atoms with Gasteiger partial charge in [0.05, 0.1) is 27.2 Å². The molecule has 0 aliphatic carbocycles. The molecular weight excluding hydrogens is 457 g/mol. The number of thioether (sulfide) groups is 1. The number of hydrogen-bond acceptors (Lipinski definition) is 5. The summed E-state index contributed by atoms with van der Waals surface area (Å²) in [7, 11) is 0. The molecule has 1 amide bonds. The highest BCUT2D eigenvalue weighted by atomic mass is 35.5. The van der Waals surface area contributed by atoms with E-state index in [-0.39, 0.29) is 18.4 Å². The summed E-state index contributed by atoms with van der Waals surface area (Å²) in [5.41, 5.74) is 2.18. The van der Waals surface area contributed by atoms with Gasteiger partial charge in [-0.1, -0.05) is 47.5 Å². The topological polar surface area (TPSA) is 72.7 Å². The molecule has 31 heavy (non-hydrogen) atoms. The number of para-hydroxylation sites is 1. The van der Waals surface area contributed by atoms with Gasteiger partial charge < -0.3 is 14.6 Å². The maximum atomic E-state index is 12.5. The van der Waals surface area contributed by atoms with E-state index in [1.807, 2.05) is 35.0 Å². The molecule has 0 bridgehead atoms. The first kappa shape index (κ1) is 21.5. The van der Waals surface area contributed by atoms with Crippen molar-refractivity contribution in [2.75, 3.05) is 6.61 Å². The van der Waals surface area contributed by atoms with Crippen LogP contribution in [0.25, 0.3) is 17.0 Å². The van der Waals surface area contributed by atoms with Crippen LogP contribution in [0.3, 0.4) is 0 Å². The summed E-state index contributed by atoms with van der Waals surface area (Å²) in [6.45, 7) is 2.19. The predicted octanol–water partition coefficient (Wildman–Crippen LogP) is 5.40. The van der Waals surface area contributed by atoms with Crippen molar-refractivity contribution in [1.82, 2.24) is 9.88 Å².